The summed E-state index contributed by atoms with van der Waals surface area (Å²) >= 11 is 0. The van der Waals surface area contributed by atoms with Crippen LogP contribution in [0.5, 0.6) is 17.2 Å². The van der Waals surface area contributed by atoms with Crippen molar-refractivity contribution in [1.29, 1.82) is 0 Å². The van der Waals surface area contributed by atoms with E-state index < -0.39 is 53.0 Å². The van der Waals surface area contributed by atoms with Crippen molar-refractivity contribution in [3.63, 3.8) is 0 Å². The smallest absolute Gasteiger partial charge is 0.207 e. The second-order valence-electron chi connectivity index (χ2n) is 4.77. The monoisotopic (exact) mass is 348 g/mol. The summed E-state index contributed by atoms with van der Waals surface area (Å²) in [6.07, 6.45) is 0. The first-order valence-corrected chi connectivity index (χ1v) is 6.35. The van der Waals surface area contributed by atoms with Gasteiger partial charge in [-0.3, -0.25) is 4.79 Å². The summed E-state index contributed by atoms with van der Waals surface area (Å²) in [6.45, 7) is 0.312. The molecule has 0 heterocycles. The number of hydrogen-bond donors (Lipinski definition) is 2. The first kappa shape index (κ1) is 17.5. The molecule has 0 saturated carbocycles. The number of ether oxygens (including phenoxy) is 1. The van der Waals surface area contributed by atoms with Crippen LogP contribution < -0.4 is 4.74 Å². The van der Waals surface area contributed by atoms with E-state index in [0.29, 0.717) is 0 Å². The van der Waals surface area contributed by atoms with Crippen LogP contribution in [0.25, 0.3) is 0 Å². The fraction of sp³-hybridized carbons (Fsp3) is 0.133. The number of halogens is 5. The van der Waals surface area contributed by atoms with E-state index in [4.69, 9.17) is 0 Å². The SMILES string of the molecule is Cc1cc(C(=O)COc2c(F)c(F)c(F)c(F)c2F)c(O)cc1O. The Morgan fingerprint density at radius 2 is 1.42 bits per heavy atom. The number of Topliss-reactive ketones (excluding diaryl/α,β-unsaturated/α-hetero) is 1. The van der Waals surface area contributed by atoms with Gasteiger partial charge in [0.25, 0.3) is 0 Å². The quantitative estimate of drug-likeness (QED) is 0.385. The molecule has 0 aliphatic rings. The lowest BCUT2D eigenvalue weighted by Gasteiger charge is -2.11. The Hall–Kier alpha value is -2.84. The number of benzene rings is 2. The van der Waals surface area contributed by atoms with Gasteiger partial charge in [0.05, 0.1) is 5.56 Å². The predicted molar refractivity (Wildman–Crippen MR) is 70.6 cm³/mol. The minimum atomic E-state index is -2.35. The van der Waals surface area contributed by atoms with Gasteiger partial charge >= 0.3 is 0 Å². The molecule has 2 aromatic rings. The number of phenols is 2. The minimum absolute atomic E-state index is 0.215. The van der Waals surface area contributed by atoms with Crippen molar-refractivity contribution in [3.8, 4) is 17.2 Å². The van der Waals surface area contributed by atoms with Gasteiger partial charge in [-0.1, -0.05) is 0 Å². The summed E-state index contributed by atoms with van der Waals surface area (Å²) in [5.74, 6) is -14.7. The molecule has 0 atom stereocenters. The number of rotatable bonds is 4. The lowest BCUT2D eigenvalue weighted by atomic mass is 10.1. The van der Waals surface area contributed by atoms with Gasteiger partial charge in [-0.05, 0) is 18.6 Å². The molecule has 0 amide bonds. The molecule has 0 bridgehead atoms. The van der Waals surface area contributed by atoms with Crippen LogP contribution in [0.15, 0.2) is 12.1 Å². The third-order valence-corrected chi connectivity index (χ3v) is 3.13. The highest BCUT2D eigenvalue weighted by Gasteiger charge is 2.27. The first-order chi connectivity index (χ1) is 11.1. The standard InChI is InChI=1S/C15H9F5O4/c1-5-2-6(8(22)3-7(5)21)9(23)4-24-15-13(19)11(17)10(16)12(18)14(15)20/h2-3,21-22H,4H2,1H3. The summed E-state index contributed by atoms with van der Waals surface area (Å²) < 4.78 is 70.2. The maximum absolute atomic E-state index is 13.4. The average Bonchev–Trinajstić information content (AvgIpc) is 2.54. The zero-order valence-electron chi connectivity index (χ0n) is 12.0. The predicted octanol–water partition coefficient (Wildman–Crippen LogP) is 3.36. The van der Waals surface area contributed by atoms with Gasteiger partial charge in [0.1, 0.15) is 11.5 Å². The molecule has 4 nitrogen and oxygen atoms in total. The molecule has 128 valence electrons. The van der Waals surface area contributed by atoms with Crippen LogP contribution in [0.1, 0.15) is 15.9 Å². The number of aromatic hydroxyl groups is 2. The normalized spacial score (nSPS) is 10.8. The molecule has 0 fully saturated rings. The average molecular weight is 348 g/mol. The fourth-order valence-corrected chi connectivity index (χ4v) is 1.84. The van der Waals surface area contributed by atoms with E-state index in [0.717, 1.165) is 12.1 Å². The second-order valence-corrected chi connectivity index (χ2v) is 4.77. The summed E-state index contributed by atoms with van der Waals surface area (Å²) in [5, 5.41) is 18.9. The van der Waals surface area contributed by atoms with E-state index in [1.165, 1.54) is 6.92 Å². The molecule has 0 aliphatic carbocycles. The van der Waals surface area contributed by atoms with E-state index >= 15 is 0 Å². The number of phenolic OH excluding ortho intramolecular Hbond substituents is 2. The van der Waals surface area contributed by atoms with Crippen LogP contribution in [0.2, 0.25) is 0 Å². The van der Waals surface area contributed by atoms with Gasteiger partial charge in [-0.2, -0.15) is 8.78 Å². The second kappa shape index (κ2) is 6.34. The number of hydrogen-bond acceptors (Lipinski definition) is 4. The van der Waals surface area contributed by atoms with Crippen LogP contribution in [0.4, 0.5) is 22.0 Å². The highest BCUT2D eigenvalue weighted by Crippen LogP contribution is 2.30. The summed E-state index contributed by atoms with van der Waals surface area (Å²) in [5.41, 5.74) is -0.137. The van der Waals surface area contributed by atoms with Crippen molar-refractivity contribution in [1.82, 2.24) is 0 Å². The maximum Gasteiger partial charge on any atom is 0.207 e. The summed E-state index contributed by atoms with van der Waals surface area (Å²) in [4.78, 5) is 11.9. The van der Waals surface area contributed by atoms with Crippen molar-refractivity contribution in [2.75, 3.05) is 6.61 Å². The van der Waals surface area contributed by atoms with Crippen LogP contribution in [0, 0.1) is 36.0 Å². The zero-order chi connectivity index (χ0) is 18.2. The molecule has 0 saturated heterocycles. The Labute approximate surface area is 131 Å². The molecule has 9 heteroatoms. The van der Waals surface area contributed by atoms with Crippen molar-refractivity contribution in [2.45, 2.75) is 6.92 Å². The number of carbonyl (C=O) groups excluding carboxylic acids is 1. The molecule has 0 aliphatic heterocycles. The lowest BCUT2D eigenvalue weighted by Crippen LogP contribution is -2.15. The molecular formula is C15H9F5O4. The molecule has 0 aromatic heterocycles. The Morgan fingerprint density at radius 3 is 1.96 bits per heavy atom. The molecule has 2 rings (SSSR count). The number of aryl methyl sites for hydroxylation is 1. The fourth-order valence-electron chi connectivity index (χ4n) is 1.84. The Morgan fingerprint density at radius 1 is 0.917 bits per heavy atom. The zero-order valence-corrected chi connectivity index (χ0v) is 12.0. The summed E-state index contributed by atoms with van der Waals surface area (Å²) in [7, 11) is 0. The van der Waals surface area contributed by atoms with E-state index in [1.54, 1.807) is 0 Å². The number of carbonyl (C=O) groups is 1. The Balaban J connectivity index is 2.29. The van der Waals surface area contributed by atoms with E-state index in [1.807, 2.05) is 0 Å². The molecular weight excluding hydrogens is 339 g/mol. The van der Waals surface area contributed by atoms with Gasteiger partial charge < -0.3 is 14.9 Å². The van der Waals surface area contributed by atoms with Crippen LogP contribution in [-0.2, 0) is 0 Å². The summed E-state index contributed by atoms with van der Waals surface area (Å²) in [6, 6.07) is 1.94. The lowest BCUT2D eigenvalue weighted by molar-refractivity contribution is 0.0910. The highest BCUT2D eigenvalue weighted by atomic mass is 19.2. The van der Waals surface area contributed by atoms with Crippen molar-refractivity contribution in [3.05, 3.63) is 52.3 Å². The van der Waals surface area contributed by atoms with Gasteiger partial charge in [0.2, 0.25) is 34.9 Å². The minimum Gasteiger partial charge on any atom is -0.508 e. The third kappa shape index (κ3) is 2.97. The molecule has 0 unspecified atom stereocenters. The van der Waals surface area contributed by atoms with E-state index in [9.17, 15) is 37.0 Å². The van der Waals surface area contributed by atoms with Gasteiger partial charge in [0, 0.05) is 6.07 Å². The Bertz CT molecular complexity index is 806. The Kier molecular flexibility index (Phi) is 4.63. The van der Waals surface area contributed by atoms with Crippen LogP contribution in [-0.4, -0.2) is 22.6 Å². The van der Waals surface area contributed by atoms with Gasteiger partial charge in [0.15, 0.2) is 12.4 Å². The molecule has 0 spiro atoms. The third-order valence-electron chi connectivity index (χ3n) is 3.13. The highest BCUT2D eigenvalue weighted by molar-refractivity contribution is 6.00. The number of ketones is 1. The van der Waals surface area contributed by atoms with Crippen molar-refractivity contribution < 1.29 is 41.7 Å². The maximum atomic E-state index is 13.4. The van der Waals surface area contributed by atoms with Crippen LogP contribution in [0.3, 0.4) is 0 Å². The van der Waals surface area contributed by atoms with E-state index in [2.05, 4.69) is 4.74 Å². The largest absolute Gasteiger partial charge is 0.508 e. The van der Waals surface area contributed by atoms with Gasteiger partial charge in [-0.25, -0.2) is 13.2 Å². The van der Waals surface area contributed by atoms with Gasteiger partial charge in [-0.15, -0.1) is 0 Å². The van der Waals surface area contributed by atoms with Crippen molar-refractivity contribution >= 4 is 5.78 Å². The van der Waals surface area contributed by atoms with Crippen LogP contribution >= 0.6 is 0 Å². The topological polar surface area (TPSA) is 66.8 Å². The molecule has 2 aromatic carbocycles. The molecule has 0 radical (unpaired) electrons. The molecule has 2 N–H and O–H groups in total. The molecule has 24 heavy (non-hydrogen) atoms. The van der Waals surface area contributed by atoms with Crippen molar-refractivity contribution in [2.24, 2.45) is 0 Å². The van der Waals surface area contributed by atoms with E-state index in [-0.39, 0.29) is 16.9 Å². The first-order valence-electron chi connectivity index (χ1n) is 6.35.